The van der Waals surface area contributed by atoms with Crippen LogP contribution in [0, 0.1) is 0 Å². The van der Waals surface area contributed by atoms with E-state index in [0.717, 1.165) is 12.8 Å². The predicted octanol–water partition coefficient (Wildman–Crippen LogP) is 3.31. The fourth-order valence-corrected chi connectivity index (χ4v) is 3.55. The third-order valence-corrected chi connectivity index (χ3v) is 4.92. The van der Waals surface area contributed by atoms with E-state index in [9.17, 15) is 9.59 Å². The molecular weight excluding hydrogens is 286 g/mol. The molecule has 5 heteroatoms. The molecule has 0 radical (unpaired) electrons. The second-order valence-electron chi connectivity index (χ2n) is 5.40. The van der Waals surface area contributed by atoms with Crippen LogP contribution in [0.2, 0.25) is 0 Å². The van der Waals surface area contributed by atoms with Crippen molar-refractivity contribution in [1.29, 1.82) is 0 Å². The lowest BCUT2D eigenvalue weighted by Crippen LogP contribution is -2.40. The molecule has 0 saturated heterocycles. The van der Waals surface area contributed by atoms with Crippen LogP contribution in [0.4, 0.5) is 0 Å². The largest absolute Gasteiger partial charge is 0.478 e. The number of carboxylic acids is 1. The van der Waals surface area contributed by atoms with Gasteiger partial charge in [0, 0.05) is 10.9 Å². The summed E-state index contributed by atoms with van der Waals surface area (Å²) in [5.41, 5.74) is 0.250. The lowest BCUT2D eigenvalue weighted by molar-refractivity contribution is -0.121. The number of rotatable bonds is 5. The van der Waals surface area contributed by atoms with E-state index < -0.39 is 5.97 Å². The van der Waals surface area contributed by atoms with E-state index >= 15 is 0 Å². The minimum absolute atomic E-state index is 0.00732. The summed E-state index contributed by atoms with van der Waals surface area (Å²) in [6.45, 7) is 1.82. The van der Waals surface area contributed by atoms with Crippen LogP contribution in [-0.2, 0) is 4.79 Å². The Morgan fingerprint density at radius 2 is 1.90 bits per heavy atom. The molecular formula is C16H21NO3S. The zero-order chi connectivity index (χ0) is 15.2. The van der Waals surface area contributed by atoms with E-state index in [1.807, 2.05) is 6.92 Å². The summed E-state index contributed by atoms with van der Waals surface area (Å²) >= 11 is 1.30. The molecule has 4 nitrogen and oxygen atoms in total. The molecule has 0 aliphatic heterocycles. The number of amides is 1. The molecule has 1 unspecified atom stereocenters. The molecule has 1 aromatic carbocycles. The molecule has 2 rings (SSSR count). The smallest absolute Gasteiger partial charge is 0.336 e. The Kier molecular flexibility index (Phi) is 5.67. The first-order chi connectivity index (χ1) is 10.1. The van der Waals surface area contributed by atoms with Crippen molar-refractivity contribution >= 4 is 23.6 Å². The topological polar surface area (TPSA) is 66.4 Å². The minimum Gasteiger partial charge on any atom is -0.478 e. The van der Waals surface area contributed by atoms with Gasteiger partial charge in [-0.1, -0.05) is 31.4 Å². The number of carboxylic acid groups (broad SMARTS) is 1. The van der Waals surface area contributed by atoms with Crippen LogP contribution in [-0.4, -0.2) is 28.3 Å². The zero-order valence-electron chi connectivity index (χ0n) is 12.2. The second kappa shape index (κ2) is 7.50. The summed E-state index contributed by atoms with van der Waals surface area (Å²) in [4.78, 5) is 24.0. The number of hydrogen-bond donors (Lipinski definition) is 2. The van der Waals surface area contributed by atoms with Gasteiger partial charge in [0.2, 0.25) is 5.91 Å². The van der Waals surface area contributed by atoms with Gasteiger partial charge in [-0.15, -0.1) is 11.8 Å². The van der Waals surface area contributed by atoms with Gasteiger partial charge in [-0.2, -0.15) is 0 Å². The summed E-state index contributed by atoms with van der Waals surface area (Å²) < 4.78 is 0. The average molecular weight is 307 g/mol. The molecule has 2 N–H and O–H groups in total. The van der Waals surface area contributed by atoms with Gasteiger partial charge < -0.3 is 10.4 Å². The van der Waals surface area contributed by atoms with Gasteiger partial charge in [0.05, 0.1) is 10.8 Å². The summed E-state index contributed by atoms with van der Waals surface area (Å²) in [6, 6.07) is 7.08. The molecule has 0 aromatic heterocycles. The molecule has 1 aromatic rings. The monoisotopic (exact) mass is 307 g/mol. The molecule has 1 saturated carbocycles. The van der Waals surface area contributed by atoms with E-state index in [4.69, 9.17) is 5.11 Å². The van der Waals surface area contributed by atoms with Crippen LogP contribution in [0.1, 0.15) is 49.4 Å². The van der Waals surface area contributed by atoms with Gasteiger partial charge in [-0.25, -0.2) is 4.79 Å². The van der Waals surface area contributed by atoms with Gasteiger partial charge in [0.15, 0.2) is 0 Å². The fourth-order valence-electron chi connectivity index (χ4n) is 2.56. The normalized spacial score (nSPS) is 17.2. The van der Waals surface area contributed by atoms with Crippen molar-refractivity contribution in [2.75, 3.05) is 0 Å². The summed E-state index contributed by atoms with van der Waals surface area (Å²) in [6.07, 6.45) is 5.70. The number of carbonyl (C=O) groups excluding carboxylic acids is 1. The lowest BCUT2D eigenvalue weighted by atomic mass is 9.95. The van der Waals surface area contributed by atoms with Crippen LogP contribution >= 0.6 is 11.8 Å². The molecule has 114 valence electrons. The summed E-state index contributed by atoms with van der Waals surface area (Å²) in [7, 11) is 0. The van der Waals surface area contributed by atoms with Crippen LogP contribution in [0.3, 0.4) is 0 Å². The van der Waals surface area contributed by atoms with Crippen LogP contribution in [0.5, 0.6) is 0 Å². The summed E-state index contributed by atoms with van der Waals surface area (Å²) in [5.74, 6) is -0.968. The van der Waals surface area contributed by atoms with E-state index in [1.54, 1.807) is 24.3 Å². The first-order valence-corrected chi connectivity index (χ1v) is 8.25. The highest BCUT2D eigenvalue weighted by atomic mass is 32.2. The zero-order valence-corrected chi connectivity index (χ0v) is 13.0. The van der Waals surface area contributed by atoms with Gasteiger partial charge in [-0.3, -0.25) is 4.79 Å². The molecule has 21 heavy (non-hydrogen) atoms. The standard InChI is InChI=1S/C16H21NO3S/c1-11(15(18)17-12-7-3-2-4-8-12)21-14-10-6-5-9-13(14)16(19)20/h5-6,9-12H,2-4,7-8H2,1H3,(H,17,18)(H,19,20). The molecule has 0 heterocycles. The number of aromatic carboxylic acids is 1. The molecule has 0 bridgehead atoms. The van der Waals surface area contributed by atoms with Crippen LogP contribution in [0.25, 0.3) is 0 Å². The van der Waals surface area contributed by atoms with Crippen LogP contribution in [0.15, 0.2) is 29.2 Å². The Hall–Kier alpha value is -1.49. The van der Waals surface area contributed by atoms with Crippen molar-refractivity contribution < 1.29 is 14.7 Å². The van der Waals surface area contributed by atoms with Crippen molar-refractivity contribution in [1.82, 2.24) is 5.32 Å². The maximum atomic E-state index is 12.2. The lowest BCUT2D eigenvalue weighted by Gasteiger charge is -2.24. The van der Waals surface area contributed by atoms with Crippen molar-refractivity contribution in [2.45, 2.75) is 55.2 Å². The van der Waals surface area contributed by atoms with E-state index in [1.165, 1.54) is 31.0 Å². The fraction of sp³-hybridized carbons (Fsp3) is 0.500. The second-order valence-corrected chi connectivity index (χ2v) is 6.79. The number of hydrogen-bond acceptors (Lipinski definition) is 3. The average Bonchev–Trinajstić information content (AvgIpc) is 2.48. The van der Waals surface area contributed by atoms with Crippen molar-refractivity contribution in [3.8, 4) is 0 Å². The van der Waals surface area contributed by atoms with Gasteiger partial charge in [-0.05, 0) is 31.9 Å². The first-order valence-electron chi connectivity index (χ1n) is 7.37. The van der Waals surface area contributed by atoms with Crippen molar-refractivity contribution in [3.63, 3.8) is 0 Å². The van der Waals surface area contributed by atoms with Crippen LogP contribution < -0.4 is 5.32 Å². The third kappa shape index (κ3) is 4.49. The minimum atomic E-state index is -0.960. The highest BCUT2D eigenvalue weighted by Gasteiger charge is 2.21. The van der Waals surface area contributed by atoms with E-state index in [2.05, 4.69) is 5.32 Å². The Bertz CT molecular complexity index is 512. The predicted molar refractivity (Wildman–Crippen MR) is 83.7 cm³/mol. The Morgan fingerprint density at radius 3 is 2.57 bits per heavy atom. The molecule has 1 aliphatic rings. The van der Waals surface area contributed by atoms with E-state index in [-0.39, 0.29) is 22.8 Å². The van der Waals surface area contributed by atoms with Crippen molar-refractivity contribution in [2.24, 2.45) is 0 Å². The molecule has 1 amide bonds. The Labute approximate surface area is 129 Å². The van der Waals surface area contributed by atoms with Crippen molar-refractivity contribution in [3.05, 3.63) is 29.8 Å². The summed E-state index contributed by atoms with van der Waals surface area (Å²) in [5, 5.41) is 11.9. The number of thioether (sulfide) groups is 1. The van der Waals surface area contributed by atoms with Gasteiger partial charge in [0.1, 0.15) is 0 Å². The number of carbonyl (C=O) groups is 2. The maximum Gasteiger partial charge on any atom is 0.336 e. The third-order valence-electron chi connectivity index (χ3n) is 3.74. The number of nitrogens with one attached hydrogen (secondary N) is 1. The quantitative estimate of drug-likeness (QED) is 0.819. The number of benzene rings is 1. The highest BCUT2D eigenvalue weighted by molar-refractivity contribution is 8.00. The van der Waals surface area contributed by atoms with Gasteiger partial charge in [0.25, 0.3) is 0 Å². The highest BCUT2D eigenvalue weighted by Crippen LogP contribution is 2.27. The van der Waals surface area contributed by atoms with Gasteiger partial charge >= 0.3 is 5.97 Å². The molecule has 1 atom stereocenters. The SMILES string of the molecule is CC(Sc1ccccc1C(=O)O)C(=O)NC1CCCCC1. The van der Waals surface area contributed by atoms with E-state index in [0.29, 0.717) is 4.90 Å². The molecule has 1 aliphatic carbocycles. The Balaban J connectivity index is 1.95. The molecule has 0 spiro atoms. The molecule has 1 fully saturated rings. The Morgan fingerprint density at radius 1 is 1.24 bits per heavy atom. The first kappa shape index (κ1) is 15.9. The maximum absolute atomic E-state index is 12.2.